The molecule has 3 aliphatic heterocycles. The number of fused-ring (bicyclic) bond motifs is 4. The monoisotopic (exact) mass is 625 g/mol. The van der Waals surface area contributed by atoms with E-state index in [1.54, 1.807) is 0 Å². The number of nitriles is 1. The van der Waals surface area contributed by atoms with Gasteiger partial charge in [0.1, 0.15) is 28.3 Å². The number of benzene rings is 1. The Bertz CT molecular complexity index is 1790. The zero-order chi connectivity index (χ0) is 30.9. The van der Waals surface area contributed by atoms with Gasteiger partial charge in [-0.15, -0.1) is 11.3 Å². The molecule has 0 aliphatic carbocycles. The molecule has 230 valence electrons. The van der Waals surface area contributed by atoms with E-state index in [4.69, 9.17) is 10.7 Å². The first-order chi connectivity index (χ1) is 21.1. The second-order valence-corrected chi connectivity index (χ2v) is 12.7. The van der Waals surface area contributed by atoms with Crippen molar-refractivity contribution in [1.29, 1.82) is 5.26 Å². The van der Waals surface area contributed by atoms with Crippen LogP contribution in [-0.2, 0) is 6.18 Å². The molecule has 2 unspecified atom stereocenters. The Morgan fingerprint density at radius 2 is 1.80 bits per heavy atom. The highest BCUT2D eigenvalue weighted by Crippen LogP contribution is 2.47. The van der Waals surface area contributed by atoms with E-state index in [1.165, 1.54) is 12.3 Å². The Morgan fingerprint density at radius 3 is 2.43 bits per heavy atom. The van der Waals surface area contributed by atoms with E-state index in [-0.39, 0.29) is 61.2 Å². The van der Waals surface area contributed by atoms with E-state index in [0.717, 1.165) is 43.3 Å². The summed E-state index contributed by atoms with van der Waals surface area (Å²) in [6.07, 6.45) is -1.50. The number of hydrogen-bond donors (Lipinski definition) is 2. The molecule has 2 atom stereocenters. The van der Waals surface area contributed by atoms with E-state index in [0.29, 0.717) is 32.0 Å². The Hall–Kier alpha value is -3.80. The number of piperazine rings is 1. The Morgan fingerprint density at radius 1 is 1.09 bits per heavy atom. The zero-order valence-corrected chi connectivity index (χ0v) is 25.1. The lowest BCUT2D eigenvalue weighted by Crippen LogP contribution is -2.60. The number of likely N-dealkylation sites (N-methyl/N-ethyl adjacent to an activating group) is 1. The van der Waals surface area contributed by atoms with E-state index < -0.39 is 23.3 Å². The van der Waals surface area contributed by atoms with Gasteiger partial charge in [0, 0.05) is 61.5 Å². The second-order valence-electron chi connectivity index (χ2n) is 11.7. The topological polar surface area (TPSA) is 110 Å². The first kappa shape index (κ1) is 28.9. The molecule has 3 saturated heterocycles. The molecule has 0 amide bonds. The first-order valence-corrected chi connectivity index (χ1v) is 15.6. The minimum Gasteiger partial charge on any atom is -0.389 e. The van der Waals surface area contributed by atoms with Crippen LogP contribution < -0.4 is 20.9 Å². The smallest absolute Gasteiger partial charge is 0.389 e. The predicted molar refractivity (Wildman–Crippen MR) is 163 cm³/mol. The normalized spacial score (nSPS) is 20.6. The minimum atomic E-state index is -4.87. The molecule has 0 spiro atoms. The summed E-state index contributed by atoms with van der Waals surface area (Å²) in [5.41, 5.74) is 4.17. The van der Waals surface area contributed by atoms with Gasteiger partial charge in [-0.2, -0.15) is 23.4 Å². The van der Waals surface area contributed by atoms with Gasteiger partial charge in [0.25, 0.3) is 0 Å². The fourth-order valence-corrected chi connectivity index (χ4v) is 7.92. The summed E-state index contributed by atoms with van der Waals surface area (Å²) in [5, 5.41) is 13.6. The van der Waals surface area contributed by atoms with E-state index in [1.807, 2.05) is 11.0 Å². The summed E-state index contributed by atoms with van der Waals surface area (Å²) in [5.74, 6) is 0.00392. The largest absolute Gasteiger partial charge is 0.420 e. The van der Waals surface area contributed by atoms with Crippen LogP contribution in [0.4, 0.5) is 34.3 Å². The molecule has 6 heterocycles. The molecule has 3 aromatic heterocycles. The van der Waals surface area contributed by atoms with Crippen molar-refractivity contribution in [2.45, 2.75) is 51.0 Å². The van der Waals surface area contributed by atoms with Gasteiger partial charge in [0.05, 0.1) is 26.9 Å². The number of thiophene rings is 1. The molecule has 2 bridgehead atoms. The van der Waals surface area contributed by atoms with Gasteiger partial charge in [0.15, 0.2) is 0 Å². The molecule has 3 fully saturated rings. The Kier molecular flexibility index (Phi) is 7.02. The average molecular weight is 626 g/mol. The van der Waals surface area contributed by atoms with Crippen molar-refractivity contribution in [2.75, 3.05) is 54.8 Å². The van der Waals surface area contributed by atoms with Gasteiger partial charge in [-0.1, -0.05) is 13.8 Å². The number of hydrogen-bond acceptors (Lipinski definition) is 10. The lowest BCUT2D eigenvalue weighted by molar-refractivity contribution is -0.136. The number of aromatic nitrogens is 3. The summed E-state index contributed by atoms with van der Waals surface area (Å²) in [7, 11) is 0. The number of nitrogens with two attached hydrogens (primary N) is 1. The summed E-state index contributed by atoms with van der Waals surface area (Å²) in [6.45, 7) is 8.37. The number of nitrogens with one attached hydrogen (secondary N) is 1. The predicted octanol–water partition coefficient (Wildman–Crippen LogP) is 4.99. The van der Waals surface area contributed by atoms with Crippen LogP contribution in [-0.4, -0.2) is 77.2 Å². The van der Waals surface area contributed by atoms with Crippen LogP contribution in [0.1, 0.15) is 37.8 Å². The SMILES string of the molecule is CCN(CC)C1CN(c2nc(N3CC4CCC(C3)N4)c3cnc(-c4ccc(F)c5sc(N)c(C#N)c45)c(C(F)(F)F)c3n2)C1. The maximum Gasteiger partial charge on any atom is 0.420 e. The number of rotatable bonds is 6. The molecule has 0 saturated carbocycles. The van der Waals surface area contributed by atoms with Crippen LogP contribution in [0.2, 0.25) is 0 Å². The van der Waals surface area contributed by atoms with Gasteiger partial charge in [-0.05, 0) is 38.1 Å². The van der Waals surface area contributed by atoms with Crippen molar-refractivity contribution in [3.05, 3.63) is 35.3 Å². The Balaban J connectivity index is 1.46. The summed E-state index contributed by atoms with van der Waals surface area (Å²) < 4.78 is 60.5. The fraction of sp³-hybridized carbons (Fsp3) is 0.467. The molecule has 4 aromatic rings. The fourth-order valence-electron chi connectivity index (χ4n) is 6.97. The summed E-state index contributed by atoms with van der Waals surface area (Å²) in [4.78, 5) is 20.1. The van der Waals surface area contributed by atoms with Crippen molar-refractivity contribution in [3.63, 3.8) is 0 Å². The molecule has 44 heavy (non-hydrogen) atoms. The number of alkyl halides is 3. The number of halogens is 4. The zero-order valence-electron chi connectivity index (χ0n) is 24.2. The number of pyridine rings is 1. The van der Waals surface area contributed by atoms with Crippen LogP contribution in [0.3, 0.4) is 0 Å². The van der Waals surface area contributed by atoms with Crippen LogP contribution in [0, 0.1) is 17.1 Å². The lowest BCUT2D eigenvalue weighted by atomic mass is 9.97. The van der Waals surface area contributed by atoms with Gasteiger partial charge < -0.3 is 20.9 Å². The van der Waals surface area contributed by atoms with Crippen LogP contribution in [0.5, 0.6) is 0 Å². The molecular formula is C30H31F4N9S. The van der Waals surface area contributed by atoms with Gasteiger partial charge in [-0.25, -0.2) is 9.37 Å². The molecule has 3 N–H and O–H groups in total. The third-order valence-electron chi connectivity index (χ3n) is 9.17. The maximum atomic E-state index is 15.2. The number of nitrogens with zero attached hydrogens (tertiary/aromatic N) is 7. The number of anilines is 3. The maximum absolute atomic E-state index is 15.2. The second kappa shape index (κ2) is 10.7. The average Bonchev–Trinajstić information content (AvgIpc) is 3.50. The van der Waals surface area contributed by atoms with E-state index in [2.05, 4.69) is 38.9 Å². The van der Waals surface area contributed by atoms with Crippen molar-refractivity contribution in [2.24, 2.45) is 0 Å². The molecular weight excluding hydrogens is 594 g/mol. The lowest BCUT2D eigenvalue weighted by Gasteiger charge is -2.45. The quantitative estimate of drug-likeness (QED) is 0.287. The van der Waals surface area contributed by atoms with Crippen molar-refractivity contribution in [1.82, 2.24) is 25.2 Å². The highest BCUT2D eigenvalue weighted by molar-refractivity contribution is 7.23. The van der Waals surface area contributed by atoms with Crippen LogP contribution in [0.15, 0.2) is 18.3 Å². The van der Waals surface area contributed by atoms with Crippen molar-refractivity contribution >= 4 is 49.1 Å². The third-order valence-corrected chi connectivity index (χ3v) is 10.2. The molecule has 3 aliphatic rings. The summed E-state index contributed by atoms with van der Waals surface area (Å²) in [6, 6.07) is 4.98. The van der Waals surface area contributed by atoms with E-state index in [9.17, 15) is 9.65 Å². The van der Waals surface area contributed by atoms with Gasteiger partial charge in [-0.3, -0.25) is 9.88 Å². The van der Waals surface area contributed by atoms with E-state index >= 15 is 13.2 Å². The standard InChI is InChI=1S/C30H31F4N9S/c1-3-41(4-2)17-13-43(14-17)29-39-25-20(28(40-29)42-11-15-5-6-16(12-42)38-15)10-37-24(23(25)30(32,33)34)18-7-8-21(31)26-22(18)19(9-35)27(36)44-26/h7-8,10,15-17,38H,3-6,11-14,36H2,1-2H3. The number of nitrogen functional groups attached to an aromatic ring is 1. The third kappa shape index (κ3) is 4.60. The molecule has 9 nitrogen and oxygen atoms in total. The van der Waals surface area contributed by atoms with Crippen molar-refractivity contribution in [3.8, 4) is 17.3 Å². The molecule has 0 radical (unpaired) electrons. The van der Waals surface area contributed by atoms with Gasteiger partial charge >= 0.3 is 6.18 Å². The highest BCUT2D eigenvalue weighted by Gasteiger charge is 2.41. The summed E-state index contributed by atoms with van der Waals surface area (Å²) >= 11 is 0.829. The molecule has 1 aromatic carbocycles. The molecule has 7 rings (SSSR count). The highest BCUT2D eigenvalue weighted by atomic mass is 32.1. The minimum absolute atomic E-state index is 0.00922. The Labute approximate surface area is 255 Å². The van der Waals surface area contributed by atoms with Crippen molar-refractivity contribution < 1.29 is 17.6 Å². The van der Waals surface area contributed by atoms with Crippen LogP contribution in [0.25, 0.3) is 32.2 Å². The van der Waals surface area contributed by atoms with Crippen LogP contribution >= 0.6 is 11.3 Å². The first-order valence-electron chi connectivity index (χ1n) is 14.8. The molecule has 14 heteroatoms. The van der Waals surface area contributed by atoms with Gasteiger partial charge in [0.2, 0.25) is 5.95 Å².